The van der Waals surface area contributed by atoms with E-state index in [1.807, 2.05) is 0 Å². The van der Waals surface area contributed by atoms with Crippen LogP contribution in [-0.2, 0) is 0 Å². The number of ether oxygens (including phenoxy) is 1. The Bertz CT molecular complexity index is 440. The minimum Gasteiger partial charge on any atom is -0.490 e. The molecule has 1 aliphatic carbocycles. The van der Waals surface area contributed by atoms with E-state index in [4.69, 9.17) is 4.74 Å². The minimum absolute atomic E-state index is 0.0346. The molecule has 1 aromatic rings. The number of aliphatic hydroxyl groups excluding tert-OH is 1. The third-order valence-corrected chi connectivity index (χ3v) is 4.44. The van der Waals surface area contributed by atoms with Gasteiger partial charge >= 0.3 is 0 Å². The van der Waals surface area contributed by atoms with Gasteiger partial charge < -0.3 is 9.84 Å². The first-order valence-corrected chi connectivity index (χ1v) is 7.36. The SMILES string of the molecule is OC1CC(CC2CCCCC2)Oc2cc(F)ccc21. The summed E-state index contributed by atoms with van der Waals surface area (Å²) in [7, 11) is 0. The number of benzene rings is 1. The van der Waals surface area contributed by atoms with Crippen LogP contribution < -0.4 is 4.74 Å². The summed E-state index contributed by atoms with van der Waals surface area (Å²) in [6.07, 6.45) is 7.65. The highest BCUT2D eigenvalue weighted by molar-refractivity contribution is 5.37. The molecule has 2 aliphatic rings. The second-order valence-electron chi connectivity index (χ2n) is 5.91. The fraction of sp³-hybridized carbons (Fsp3) is 0.625. The van der Waals surface area contributed by atoms with Crippen LogP contribution in [0.3, 0.4) is 0 Å². The standard InChI is InChI=1S/C16H21FO2/c17-12-6-7-14-15(18)10-13(19-16(14)9-12)8-11-4-2-1-3-5-11/h6-7,9,11,13,15,18H,1-5,8,10H2. The average Bonchev–Trinajstić information content (AvgIpc) is 2.39. The Balaban J connectivity index is 1.69. The first kappa shape index (κ1) is 12.9. The van der Waals surface area contributed by atoms with Gasteiger partial charge in [0.2, 0.25) is 0 Å². The van der Waals surface area contributed by atoms with Gasteiger partial charge in [0.1, 0.15) is 17.7 Å². The van der Waals surface area contributed by atoms with Crippen LogP contribution in [0.4, 0.5) is 4.39 Å². The largest absolute Gasteiger partial charge is 0.490 e. The fourth-order valence-electron chi connectivity index (χ4n) is 3.43. The molecule has 1 aliphatic heterocycles. The quantitative estimate of drug-likeness (QED) is 0.875. The zero-order valence-corrected chi connectivity index (χ0v) is 11.1. The second-order valence-corrected chi connectivity index (χ2v) is 5.91. The van der Waals surface area contributed by atoms with Gasteiger partial charge in [-0.3, -0.25) is 0 Å². The van der Waals surface area contributed by atoms with E-state index in [9.17, 15) is 9.50 Å². The van der Waals surface area contributed by atoms with Crippen molar-refractivity contribution in [3.05, 3.63) is 29.6 Å². The van der Waals surface area contributed by atoms with Gasteiger partial charge in [0.15, 0.2) is 0 Å². The van der Waals surface area contributed by atoms with Crippen molar-refractivity contribution in [1.82, 2.24) is 0 Å². The molecule has 3 heteroatoms. The van der Waals surface area contributed by atoms with Gasteiger partial charge in [-0.2, -0.15) is 0 Å². The van der Waals surface area contributed by atoms with Crippen LogP contribution in [0.1, 0.15) is 56.6 Å². The fourth-order valence-corrected chi connectivity index (χ4v) is 3.43. The van der Waals surface area contributed by atoms with Gasteiger partial charge in [-0.1, -0.05) is 32.1 Å². The van der Waals surface area contributed by atoms with Crippen LogP contribution in [0.25, 0.3) is 0 Å². The molecule has 2 atom stereocenters. The Morgan fingerprint density at radius 1 is 1.21 bits per heavy atom. The molecule has 1 heterocycles. The summed E-state index contributed by atoms with van der Waals surface area (Å²) < 4.78 is 19.1. The number of rotatable bonds is 2. The number of fused-ring (bicyclic) bond motifs is 1. The molecule has 0 spiro atoms. The highest BCUT2D eigenvalue weighted by Crippen LogP contribution is 2.38. The molecule has 3 rings (SSSR count). The maximum Gasteiger partial charge on any atom is 0.128 e. The summed E-state index contributed by atoms with van der Waals surface area (Å²) in [4.78, 5) is 0. The Morgan fingerprint density at radius 3 is 2.79 bits per heavy atom. The molecule has 1 saturated carbocycles. The first-order valence-electron chi connectivity index (χ1n) is 7.36. The summed E-state index contributed by atoms with van der Waals surface area (Å²) >= 11 is 0. The highest BCUT2D eigenvalue weighted by Gasteiger charge is 2.29. The van der Waals surface area contributed by atoms with E-state index in [0.29, 0.717) is 18.1 Å². The van der Waals surface area contributed by atoms with E-state index in [1.165, 1.54) is 44.2 Å². The molecule has 1 aromatic carbocycles. The Morgan fingerprint density at radius 2 is 2.00 bits per heavy atom. The van der Waals surface area contributed by atoms with E-state index < -0.39 is 6.10 Å². The summed E-state index contributed by atoms with van der Waals surface area (Å²) in [5.41, 5.74) is 0.723. The van der Waals surface area contributed by atoms with E-state index in [2.05, 4.69) is 0 Å². The molecule has 0 bridgehead atoms. The summed E-state index contributed by atoms with van der Waals surface area (Å²) in [5, 5.41) is 10.1. The lowest BCUT2D eigenvalue weighted by Gasteiger charge is -2.33. The van der Waals surface area contributed by atoms with Crippen molar-refractivity contribution in [2.75, 3.05) is 0 Å². The zero-order chi connectivity index (χ0) is 13.2. The van der Waals surface area contributed by atoms with Crippen LogP contribution in [0.15, 0.2) is 18.2 Å². The molecule has 2 unspecified atom stereocenters. The number of hydrogen-bond donors (Lipinski definition) is 1. The second kappa shape index (κ2) is 5.49. The predicted molar refractivity (Wildman–Crippen MR) is 71.6 cm³/mol. The van der Waals surface area contributed by atoms with Crippen molar-refractivity contribution in [3.63, 3.8) is 0 Å². The van der Waals surface area contributed by atoms with E-state index >= 15 is 0 Å². The molecule has 0 radical (unpaired) electrons. The molecule has 104 valence electrons. The zero-order valence-electron chi connectivity index (χ0n) is 11.1. The van der Waals surface area contributed by atoms with Gasteiger partial charge in [0, 0.05) is 18.1 Å². The van der Waals surface area contributed by atoms with Crippen LogP contribution >= 0.6 is 0 Å². The summed E-state index contributed by atoms with van der Waals surface area (Å²) in [5.74, 6) is 0.935. The summed E-state index contributed by atoms with van der Waals surface area (Å²) in [6.45, 7) is 0. The van der Waals surface area contributed by atoms with E-state index in [1.54, 1.807) is 6.07 Å². The molecule has 19 heavy (non-hydrogen) atoms. The Kier molecular flexibility index (Phi) is 3.74. The van der Waals surface area contributed by atoms with Crippen LogP contribution in [0.2, 0.25) is 0 Å². The number of hydrogen-bond acceptors (Lipinski definition) is 2. The molecule has 0 aromatic heterocycles. The predicted octanol–water partition coefficient (Wildman–Crippen LogP) is 3.98. The first-order chi connectivity index (χ1) is 9.22. The lowest BCUT2D eigenvalue weighted by molar-refractivity contribution is 0.0491. The maximum atomic E-state index is 13.2. The monoisotopic (exact) mass is 264 g/mol. The smallest absolute Gasteiger partial charge is 0.128 e. The lowest BCUT2D eigenvalue weighted by atomic mass is 9.83. The van der Waals surface area contributed by atoms with E-state index in [0.717, 1.165) is 12.0 Å². The maximum absolute atomic E-state index is 13.2. The highest BCUT2D eigenvalue weighted by atomic mass is 19.1. The van der Waals surface area contributed by atoms with Gasteiger partial charge in [-0.25, -0.2) is 4.39 Å². The topological polar surface area (TPSA) is 29.5 Å². The van der Waals surface area contributed by atoms with Gasteiger partial charge in [0.25, 0.3) is 0 Å². The van der Waals surface area contributed by atoms with Crippen molar-refractivity contribution in [1.29, 1.82) is 0 Å². The molecule has 0 saturated heterocycles. The van der Waals surface area contributed by atoms with Crippen LogP contribution in [0, 0.1) is 11.7 Å². The van der Waals surface area contributed by atoms with Gasteiger partial charge in [-0.05, 0) is 24.5 Å². The van der Waals surface area contributed by atoms with Crippen molar-refractivity contribution >= 4 is 0 Å². The van der Waals surface area contributed by atoms with Crippen LogP contribution in [-0.4, -0.2) is 11.2 Å². The number of halogens is 1. The van der Waals surface area contributed by atoms with Crippen molar-refractivity contribution in [3.8, 4) is 5.75 Å². The Hall–Kier alpha value is -1.09. The van der Waals surface area contributed by atoms with Crippen LogP contribution in [0.5, 0.6) is 5.75 Å². The summed E-state index contributed by atoms with van der Waals surface area (Å²) in [6, 6.07) is 4.41. The Labute approximate surface area is 113 Å². The van der Waals surface area contributed by atoms with Crippen molar-refractivity contribution in [2.45, 2.75) is 57.2 Å². The lowest BCUT2D eigenvalue weighted by Crippen LogP contribution is -2.28. The van der Waals surface area contributed by atoms with Gasteiger partial charge in [-0.15, -0.1) is 0 Å². The molecular weight excluding hydrogens is 243 g/mol. The molecule has 0 amide bonds. The third-order valence-electron chi connectivity index (χ3n) is 4.44. The average molecular weight is 264 g/mol. The third kappa shape index (κ3) is 2.92. The molecule has 2 nitrogen and oxygen atoms in total. The van der Waals surface area contributed by atoms with Gasteiger partial charge in [0.05, 0.1) is 6.10 Å². The van der Waals surface area contributed by atoms with Crippen molar-refractivity contribution in [2.24, 2.45) is 5.92 Å². The molecular formula is C16H21FO2. The van der Waals surface area contributed by atoms with Crippen molar-refractivity contribution < 1.29 is 14.2 Å². The minimum atomic E-state index is -0.516. The normalized spacial score (nSPS) is 27.7. The number of aliphatic hydroxyl groups is 1. The van der Waals surface area contributed by atoms with E-state index in [-0.39, 0.29) is 11.9 Å². The molecule has 1 fully saturated rings. The molecule has 1 N–H and O–H groups in total.